The molecule has 0 aliphatic heterocycles. The van der Waals surface area contributed by atoms with Crippen molar-refractivity contribution in [3.05, 3.63) is 29.8 Å². The van der Waals surface area contributed by atoms with Gasteiger partial charge < -0.3 is 20.3 Å². The van der Waals surface area contributed by atoms with Gasteiger partial charge in [0.1, 0.15) is 11.8 Å². The first-order valence-electron chi connectivity index (χ1n) is 5.29. The van der Waals surface area contributed by atoms with E-state index < -0.39 is 24.1 Å². The van der Waals surface area contributed by atoms with Crippen LogP contribution in [0.5, 0.6) is 5.75 Å². The molecule has 3 N–H and O–H groups in total. The Balaban J connectivity index is 2.70. The molecule has 0 saturated heterocycles. The van der Waals surface area contributed by atoms with Crippen molar-refractivity contribution in [1.29, 1.82) is 0 Å². The van der Waals surface area contributed by atoms with Gasteiger partial charge >= 0.3 is 11.9 Å². The second-order valence-corrected chi connectivity index (χ2v) is 3.70. The van der Waals surface area contributed by atoms with Gasteiger partial charge in [0.15, 0.2) is 6.10 Å². The third-order valence-electron chi connectivity index (χ3n) is 2.23. The van der Waals surface area contributed by atoms with E-state index in [-0.39, 0.29) is 0 Å². The summed E-state index contributed by atoms with van der Waals surface area (Å²) in [6.45, 7) is 1.38. The van der Waals surface area contributed by atoms with E-state index in [0.29, 0.717) is 11.3 Å². The molecule has 98 valence electrons. The van der Waals surface area contributed by atoms with Crippen LogP contribution in [0.3, 0.4) is 0 Å². The number of aliphatic hydroxyl groups excluding tert-OH is 1. The number of benzene rings is 1. The van der Waals surface area contributed by atoms with Crippen LogP contribution in [0, 0.1) is 0 Å². The first-order chi connectivity index (χ1) is 8.45. The largest absolute Gasteiger partial charge is 0.497 e. The lowest BCUT2D eigenvalue weighted by molar-refractivity contribution is -0.166. The van der Waals surface area contributed by atoms with Crippen LogP contribution in [-0.2, 0) is 14.3 Å². The summed E-state index contributed by atoms with van der Waals surface area (Å²) in [5.74, 6) is -1.35. The zero-order chi connectivity index (χ0) is 13.7. The van der Waals surface area contributed by atoms with Gasteiger partial charge in [-0.1, -0.05) is 12.1 Å². The maximum Gasteiger partial charge on any atom is 0.347 e. The van der Waals surface area contributed by atoms with E-state index in [4.69, 9.17) is 10.5 Å². The smallest absolute Gasteiger partial charge is 0.347 e. The quantitative estimate of drug-likeness (QED) is 0.585. The number of carbonyl (C=O) groups is 2. The lowest BCUT2D eigenvalue weighted by atomic mass is 10.1. The third kappa shape index (κ3) is 3.54. The molecule has 6 heteroatoms. The molecular weight excluding hydrogens is 238 g/mol. The van der Waals surface area contributed by atoms with Crippen LogP contribution in [0.1, 0.15) is 18.6 Å². The highest BCUT2D eigenvalue weighted by Gasteiger charge is 2.23. The van der Waals surface area contributed by atoms with Crippen molar-refractivity contribution in [2.75, 3.05) is 7.11 Å². The molecule has 0 heterocycles. The number of carbonyl (C=O) groups excluding carboxylic acids is 2. The van der Waals surface area contributed by atoms with Crippen LogP contribution in [0.4, 0.5) is 0 Å². The minimum Gasteiger partial charge on any atom is -0.497 e. The molecule has 0 aliphatic carbocycles. The molecule has 0 radical (unpaired) electrons. The van der Waals surface area contributed by atoms with E-state index in [9.17, 15) is 14.7 Å². The first kappa shape index (κ1) is 14.1. The van der Waals surface area contributed by atoms with Crippen LogP contribution in [0.25, 0.3) is 0 Å². The first-order valence-corrected chi connectivity index (χ1v) is 5.29. The van der Waals surface area contributed by atoms with Gasteiger partial charge in [0.25, 0.3) is 0 Å². The Labute approximate surface area is 104 Å². The summed E-state index contributed by atoms with van der Waals surface area (Å²) in [5, 5.41) is 9.67. The lowest BCUT2D eigenvalue weighted by Gasteiger charge is -2.11. The van der Waals surface area contributed by atoms with Crippen molar-refractivity contribution in [3.8, 4) is 5.75 Å². The monoisotopic (exact) mass is 253 g/mol. The standard InChI is InChI=1S/C12H15NO5/c1-7(13)11(15)18-12(16)10(14)8-3-5-9(17-2)6-4-8/h3-7,10,14H,13H2,1-2H3/t7-,10+/m1/s1. The van der Waals surface area contributed by atoms with Gasteiger partial charge in [0.05, 0.1) is 7.11 Å². The minimum atomic E-state index is -1.53. The predicted octanol–water partition coefficient (Wildman–Crippen LogP) is 0.146. The Kier molecular flexibility index (Phi) is 4.82. The zero-order valence-corrected chi connectivity index (χ0v) is 10.1. The fourth-order valence-electron chi connectivity index (χ4n) is 1.17. The topological polar surface area (TPSA) is 98.9 Å². The highest BCUT2D eigenvalue weighted by molar-refractivity contribution is 5.90. The van der Waals surface area contributed by atoms with E-state index in [0.717, 1.165) is 0 Å². The number of hydrogen-bond donors (Lipinski definition) is 2. The number of aliphatic hydroxyl groups is 1. The van der Waals surface area contributed by atoms with E-state index in [2.05, 4.69) is 4.74 Å². The fraction of sp³-hybridized carbons (Fsp3) is 0.333. The molecule has 18 heavy (non-hydrogen) atoms. The number of ether oxygens (including phenoxy) is 2. The second kappa shape index (κ2) is 6.13. The molecule has 0 fully saturated rings. The molecule has 6 nitrogen and oxygen atoms in total. The average molecular weight is 253 g/mol. The molecule has 1 aromatic rings. The van der Waals surface area contributed by atoms with Crippen molar-refractivity contribution >= 4 is 11.9 Å². The highest BCUT2D eigenvalue weighted by Crippen LogP contribution is 2.18. The van der Waals surface area contributed by atoms with Gasteiger partial charge in [-0.3, -0.25) is 0 Å². The number of hydrogen-bond acceptors (Lipinski definition) is 6. The van der Waals surface area contributed by atoms with Gasteiger partial charge in [-0.2, -0.15) is 0 Å². The highest BCUT2D eigenvalue weighted by atomic mass is 16.6. The van der Waals surface area contributed by atoms with Gasteiger partial charge in [0, 0.05) is 0 Å². The van der Waals surface area contributed by atoms with Crippen LogP contribution >= 0.6 is 0 Å². The van der Waals surface area contributed by atoms with E-state index >= 15 is 0 Å². The summed E-state index contributed by atoms with van der Waals surface area (Å²) in [6.07, 6.45) is -1.53. The maximum atomic E-state index is 11.4. The van der Waals surface area contributed by atoms with Gasteiger partial charge in [-0.15, -0.1) is 0 Å². The Morgan fingerprint density at radius 1 is 1.22 bits per heavy atom. The van der Waals surface area contributed by atoms with Crippen LogP contribution in [-0.4, -0.2) is 30.2 Å². The van der Waals surface area contributed by atoms with Crippen molar-refractivity contribution < 1.29 is 24.2 Å². The molecule has 0 amide bonds. The second-order valence-electron chi connectivity index (χ2n) is 3.70. The minimum absolute atomic E-state index is 0.304. The predicted molar refractivity (Wildman–Crippen MR) is 62.7 cm³/mol. The number of esters is 2. The zero-order valence-electron chi connectivity index (χ0n) is 10.1. The summed E-state index contributed by atoms with van der Waals surface area (Å²) in [4.78, 5) is 22.5. The van der Waals surface area contributed by atoms with Gasteiger partial charge in [-0.05, 0) is 24.6 Å². The molecular formula is C12H15NO5. The molecule has 1 aromatic carbocycles. The Bertz CT molecular complexity index is 427. The molecule has 0 spiro atoms. The van der Waals surface area contributed by atoms with Gasteiger partial charge in [0.2, 0.25) is 0 Å². The van der Waals surface area contributed by atoms with Gasteiger partial charge in [-0.25, -0.2) is 9.59 Å². The van der Waals surface area contributed by atoms with E-state index in [1.54, 1.807) is 12.1 Å². The number of rotatable bonds is 4. The Hall–Kier alpha value is -1.92. The van der Waals surface area contributed by atoms with E-state index in [1.165, 1.54) is 26.2 Å². The molecule has 2 atom stereocenters. The van der Waals surface area contributed by atoms with Crippen LogP contribution < -0.4 is 10.5 Å². The molecule has 0 unspecified atom stereocenters. The van der Waals surface area contributed by atoms with Crippen LogP contribution in [0.2, 0.25) is 0 Å². The fourth-order valence-corrected chi connectivity index (χ4v) is 1.17. The van der Waals surface area contributed by atoms with E-state index in [1.807, 2.05) is 0 Å². The summed E-state index contributed by atoms with van der Waals surface area (Å²) in [5.41, 5.74) is 5.54. The summed E-state index contributed by atoms with van der Waals surface area (Å²) < 4.78 is 9.34. The maximum absolute atomic E-state index is 11.4. The normalized spacial score (nSPS) is 13.6. The molecule has 0 saturated carbocycles. The molecule has 0 bridgehead atoms. The van der Waals surface area contributed by atoms with Crippen molar-refractivity contribution in [2.45, 2.75) is 19.1 Å². The number of nitrogens with two attached hydrogens (primary N) is 1. The van der Waals surface area contributed by atoms with Crippen LogP contribution in [0.15, 0.2) is 24.3 Å². The Morgan fingerprint density at radius 2 is 1.78 bits per heavy atom. The van der Waals surface area contributed by atoms with Crippen molar-refractivity contribution in [3.63, 3.8) is 0 Å². The molecule has 0 aliphatic rings. The van der Waals surface area contributed by atoms with Crippen molar-refractivity contribution in [2.24, 2.45) is 5.73 Å². The third-order valence-corrected chi connectivity index (χ3v) is 2.23. The molecule has 1 rings (SSSR count). The van der Waals surface area contributed by atoms with Crippen molar-refractivity contribution in [1.82, 2.24) is 0 Å². The summed E-state index contributed by atoms with van der Waals surface area (Å²) >= 11 is 0. The summed E-state index contributed by atoms with van der Waals surface area (Å²) in [7, 11) is 1.50. The molecule has 0 aromatic heterocycles. The summed E-state index contributed by atoms with van der Waals surface area (Å²) in [6, 6.07) is 5.25. The average Bonchev–Trinajstić information content (AvgIpc) is 2.37. The SMILES string of the molecule is COc1ccc([C@H](O)C(=O)OC(=O)[C@@H](C)N)cc1. The lowest BCUT2D eigenvalue weighted by Crippen LogP contribution is -2.32. The number of methoxy groups -OCH3 is 1. The Morgan fingerprint density at radius 3 is 2.22 bits per heavy atom.